The van der Waals surface area contributed by atoms with Crippen LogP contribution in [0.25, 0.3) is 0 Å². The molecule has 0 unspecified atom stereocenters. The monoisotopic (exact) mass is 292 g/mol. The predicted molar refractivity (Wildman–Crippen MR) is 78.6 cm³/mol. The molecule has 0 aromatic carbocycles. The highest BCUT2D eigenvalue weighted by molar-refractivity contribution is 8.00. The maximum atomic E-state index is 11.8. The molecule has 0 aliphatic rings. The summed E-state index contributed by atoms with van der Waals surface area (Å²) in [4.78, 5) is 16.5. The molecule has 2 aromatic rings. The van der Waals surface area contributed by atoms with E-state index in [9.17, 15) is 4.79 Å². The highest BCUT2D eigenvalue weighted by Gasteiger charge is 2.11. The molecule has 0 saturated heterocycles. The average molecular weight is 292 g/mol. The lowest BCUT2D eigenvalue weighted by Crippen LogP contribution is -2.13. The van der Waals surface area contributed by atoms with Gasteiger partial charge in [0, 0.05) is 17.2 Å². The van der Waals surface area contributed by atoms with Crippen LogP contribution in [-0.4, -0.2) is 21.8 Å². The molecule has 7 heteroatoms. The van der Waals surface area contributed by atoms with Gasteiger partial charge < -0.3 is 10.3 Å². The van der Waals surface area contributed by atoms with E-state index in [1.165, 1.54) is 11.8 Å². The third kappa shape index (κ3) is 3.74. The zero-order valence-electron chi connectivity index (χ0n) is 11.3. The molecule has 0 atom stereocenters. The van der Waals surface area contributed by atoms with Crippen LogP contribution >= 0.6 is 11.8 Å². The third-order valence-corrected chi connectivity index (χ3v) is 3.64. The summed E-state index contributed by atoms with van der Waals surface area (Å²) in [5, 5.41) is 6.54. The molecule has 0 radical (unpaired) electrons. The Morgan fingerprint density at radius 2 is 2.35 bits per heavy atom. The molecule has 2 rings (SSSR count). The average Bonchev–Trinajstić information content (AvgIpc) is 2.86. The number of thioether (sulfide) groups is 1. The van der Waals surface area contributed by atoms with Gasteiger partial charge in [-0.15, -0.1) is 11.8 Å². The summed E-state index contributed by atoms with van der Waals surface area (Å²) in [6.07, 6.45) is 3.20. The summed E-state index contributed by atoms with van der Waals surface area (Å²) in [6, 6.07) is 3.51. The minimum absolute atomic E-state index is 0.169. The molecule has 20 heavy (non-hydrogen) atoms. The minimum atomic E-state index is -0.169. The number of nitrogen functional groups attached to an aromatic ring is 1. The Hall–Kier alpha value is -2.02. The summed E-state index contributed by atoms with van der Waals surface area (Å²) >= 11 is 1.35. The summed E-state index contributed by atoms with van der Waals surface area (Å²) in [6.45, 7) is 4.01. The maximum absolute atomic E-state index is 11.8. The fourth-order valence-electron chi connectivity index (χ4n) is 1.46. The number of pyridine rings is 1. The van der Waals surface area contributed by atoms with Crippen LogP contribution in [0.2, 0.25) is 0 Å². The van der Waals surface area contributed by atoms with Crippen LogP contribution in [0.4, 0.5) is 11.6 Å². The quantitative estimate of drug-likeness (QED) is 0.822. The molecule has 106 valence electrons. The van der Waals surface area contributed by atoms with Gasteiger partial charge in [0.15, 0.2) is 0 Å². The summed E-state index contributed by atoms with van der Waals surface area (Å²) in [7, 11) is 0. The van der Waals surface area contributed by atoms with E-state index in [1.807, 2.05) is 13.8 Å². The van der Waals surface area contributed by atoms with Gasteiger partial charge in [-0.05, 0) is 12.0 Å². The highest BCUT2D eigenvalue weighted by Crippen LogP contribution is 2.24. The lowest BCUT2D eigenvalue weighted by atomic mass is 10.1. The molecule has 0 spiro atoms. The van der Waals surface area contributed by atoms with Crippen molar-refractivity contribution in [3.05, 3.63) is 30.2 Å². The topological polar surface area (TPSA) is 94.0 Å². The van der Waals surface area contributed by atoms with Crippen molar-refractivity contribution in [2.45, 2.75) is 24.7 Å². The summed E-state index contributed by atoms with van der Waals surface area (Å²) in [5.41, 5.74) is 7.13. The van der Waals surface area contributed by atoms with Gasteiger partial charge in [0.1, 0.15) is 0 Å². The van der Waals surface area contributed by atoms with Gasteiger partial charge in [0.25, 0.3) is 0 Å². The lowest BCUT2D eigenvalue weighted by Gasteiger charge is -2.03. The number of nitrogens with one attached hydrogen (secondary N) is 1. The lowest BCUT2D eigenvalue weighted by molar-refractivity contribution is -0.113. The molecule has 6 nitrogen and oxygen atoms in total. The molecule has 1 amide bonds. The van der Waals surface area contributed by atoms with Crippen LogP contribution in [-0.2, 0) is 4.79 Å². The molecular weight excluding hydrogens is 276 g/mol. The van der Waals surface area contributed by atoms with E-state index in [0.29, 0.717) is 11.6 Å². The van der Waals surface area contributed by atoms with E-state index in [0.717, 1.165) is 10.6 Å². The second-order valence-corrected chi connectivity index (χ2v) is 5.54. The molecule has 0 aliphatic carbocycles. The number of hydrogen-bond acceptors (Lipinski definition) is 6. The zero-order chi connectivity index (χ0) is 14.5. The van der Waals surface area contributed by atoms with E-state index >= 15 is 0 Å². The number of anilines is 2. The Labute approximate surface area is 121 Å². The number of amides is 1. The standard InChI is InChI=1S/C13H16N4O2S/c1-8(2)10-5-13(19-17-10)16-12(18)7-20-11-3-4-15-6-9(11)14/h3-6,8H,7,14H2,1-2H3,(H,16,18). The first-order valence-electron chi connectivity index (χ1n) is 6.15. The fourth-order valence-corrected chi connectivity index (χ4v) is 2.20. The largest absolute Gasteiger partial charge is 0.397 e. The zero-order valence-corrected chi connectivity index (χ0v) is 12.1. The Bertz CT molecular complexity index is 598. The van der Waals surface area contributed by atoms with Crippen molar-refractivity contribution >= 4 is 29.2 Å². The Morgan fingerprint density at radius 1 is 1.55 bits per heavy atom. The molecule has 0 bridgehead atoms. The Kier molecular flexibility index (Phi) is 4.62. The van der Waals surface area contributed by atoms with Gasteiger partial charge in [-0.25, -0.2) is 0 Å². The predicted octanol–water partition coefficient (Wildman–Crippen LogP) is 2.51. The summed E-state index contributed by atoms with van der Waals surface area (Å²) in [5.74, 6) is 0.696. The van der Waals surface area contributed by atoms with Gasteiger partial charge in [0.2, 0.25) is 11.8 Å². The number of carbonyl (C=O) groups is 1. The van der Waals surface area contributed by atoms with E-state index in [-0.39, 0.29) is 17.6 Å². The van der Waals surface area contributed by atoms with Crippen LogP contribution in [0.15, 0.2) is 33.9 Å². The van der Waals surface area contributed by atoms with Gasteiger partial charge >= 0.3 is 0 Å². The van der Waals surface area contributed by atoms with Crippen molar-refractivity contribution in [2.24, 2.45) is 0 Å². The summed E-state index contributed by atoms with van der Waals surface area (Å²) < 4.78 is 5.05. The van der Waals surface area contributed by atoms with Gasteiger partial charge in [0.05, 0.1) is 23.3 Å². The van der Waals surface area contributed by atoms with Crippen LogP contribution in [0.1, 0.15) is 25.5 Å². The number of aromatic nitrogens is 2. The molecule has 2 aromatic heterocycles. The van der Waals surface area contributed by atoms with Crippen LogP contribution in [0.3, 0.4) is 0 Å². The normalized spacial score (nSPS) is 10.8. The van der Waals surface area contributed by atoms with Gasteiger partial charge in [-0.2, -0.15) is 0 Å². The van der Waals surface area contributed by atoms with Crippen LogP contribution < -0.4 is 11.1 Å². The van der Waals surface area contributed by atoms with E-state index in [2.05, 4.69) is 15.5 Å². The molecule has 0 aliphatic heterocycles. The first-order valence-corrected chi connectivity index (χ1v) is 7.13. The highest BCUT2D eigenvalue weighted by atomic mass is 32.2. The van der Waals surface area contributed by atoms with Crippen molar-refractivity contribution in [3.8, 4) is 0 Å². The number of hydrogen-bond donors (Lipinski definition) is 2. The maximum Gasteiger partial charge on any atom is 0.237 e. The molecule has 2 heterocycles. The van der Waals surface area contributed by atoms with Crippen LogP contribution in [0, 0.1) is 0 Å². The Morgan fingerprint density at radius 3 is 3.00 bits per heavy atom. The van der Waals surface area contributed by atoms with Crippen molar-refractivity contribution in [2.75, 3.05) is 16.8 Å². The van der Waals surface area contributed by atoms with Crippen molar-refractivity contribution < 1.29 is 9.32 Å². The number of nitrogens with two attached hydrogens (primary N) is 1. The number of nitrogens with zero attached hydrogens (tertiary/aromatic N) is 2. The minimum Gasteiger partial charge on any atom is -0.397 e. The second-order valence-electron chi connectivity index (χ2n) is 4.52. The molecule has 0 fully saturated rings. The number of rotatable bonds is 5. The van der Waals surface area contributed by atoms with Gasteiger partial charge in [-0.3, -0.25) is 15.1 Å². The van der Waals surface area contributed by atoms with Gasteiger partial charge in [-0.1, -0.05) is 19.0 Å². The third-order valence-electron chi connectivity index (χ3n) is 2.55. The van der Waals surface area contributed by atoms with E-state index < -0.39 is 0 Å². The second kappa shape index (κ2) is 6.42. The smallest absolute Gasteiger partial charge is 0.237 e. The van der Waals surface area contributed by atoms with E-state index in [1.54, 1.807) is 24.5 Å². The van der Waals surface area contributed by atoms with Crippen molar-refractivity contribution in [3.63, 3.8) is 0 Å². The first-order chi connectivity index (χ1) is 9.56. The molecule has 0 saturated carbocycles. The van der Waals surface area contributed by atoms with E-state index in [4.69, 9.17) is 10.3 Å². The molecular formula is C13H16N4O2S. The fraction of sp³-hybridized carbons (Fsp3) is 0.308. The Balaban J connectivity index is 1.88. The number of carbonyl (C=O) groups excluding carboxylic acids is 1. The van der Waals surface area contributed by atoms with Crippen LogP contribution in [0.5, 0.6) is 0 Å². The van der Waals surface area contributed by atoms with Crippen molar-refractivity contribution in [1.82, 2.24) is 10.1 Å². The first kappa shape index (κ1) is 14.4. The molecule has 3 N–H and O–H groups in total. The SMILES string of the molecule is CC(C)c1cc(NC(=O)CSc2ccncc2N)on1. The van der Waals surface area contributed by atoms with Crippen molar-refractivity contribution in [1.29, 1.82) is 0 Å².